The van der Waals surface area contributed by atoms with Gasteiger partial charge in [-0.05, 0) is 37.1 Å². The van der Waals surface area contributed by atoms with Gasteiger partial charge in [-0.2, -0.15) is 0 Å². The maximum Gasteiger partial charge on any atom is 0.220 e. The quantitative estimate of drug-likeness (QED) is 0.738. The molecule has 0 aliphatic rings. The van der Waals surface area contributed by atoms with E-state index in [-0.39, 0.29) is 11.9 Å². The van der Waals surface area contributed by atoms with E-state index in [0.29, 0.717) is 19.4 Å². The van der Waals surface area contributed by atoms with Crippen LogP contribution in [0.15, 0.2) is 59.1 Å². The van der Waals surface area contributed by atoms with Gasteiger partial charge in [0, 0.05) is 10.9 Å². The number of hydrogen-bond acceptors (Lipinski definition) is 2. The van der Waals surface area contributed by atoms with Crippen LogP contribution in [0.5, 0.6) is 5.75 Å². The topological polar surface area (TPSA) is 38.3 Å². The molecule has 2 aromatic rings. The second-order valence-electron chi connectivity index (χ2n) is 5.11. The van der Waals surface area contributed by atoms with Crippen molar-refractivity contribution in [2.75, 3.05) is 6.61 Å². The van der Waals surface area contributed by atoms with Crippen LogP contribution in [0.4, 0.5) is 0 Å². The first-order valence-electron chi connectivity index (χ1n) is 7.38. The van der Waals surface area contributed by atoms with E-state index in [0.717, 1.165) is 15.8 Å². The van der Waals surface area contributed by atoms with Crippen LogP contribution >= 0.6 is 15.9 Å². The number of amides is 1. The average Bonchev–Trinajstić information content (AvgIpc) is 2.52. The molecule has 0 aliphatic heterocycles. The Morgan fingerprint density at radius 1 is 1.18 bits per heavy atom. The van der Waals surface area contributed by atoms with Crippen molar-refractivity contribution >= 4 is 21.8 Å². The first-order valence-corrected chi connectivity index (χ1v) is 8.17. The molecule has 0 spiro atoms. The molecule has 0 radical (unpaired) electrons. The number of carbonyl (C=O) groups is 1. The molecule has 3 nitrogen and oxygen atoms in total. The number of rotatable bonds is 7. The van der Waals surface area contributed by atoms with E-state index in [1.807, 2.05) is 61.5 Å². The number of nitrogens with one attached hydrogen (secondary N) is 1. The van der Waals surface area contributed by atoms with Crippen LogP contribution in [-0.2, 0) is 4.79 Å². The van der Waals surface area contributed by atoms with Crippen molar-refractivity contribution < 1.29 is 9.53 Å². The molecule has 0 heterocycles. The molecule has 0 bridgehead atoms. The highest BCUT2D eigenvalue weighted by Gasteiger charge is 2.08. The summed E-state index contributed by atoms with van der Waals surface area (Å²) in [5, 5.41) is 3.00. The summed E-state index contributed by atoms with van der Waals surface area (Å²) in [5.41, 5.74) is 1.11. The maximum absolute atomic E-state index is 11.9. The van der Waals surface area contributed by atoms with Gasteiger partial charge in [0.1, 0.15) is 5.75 Å². The molecule has 0 aromatic heterocycles. The largest absolute Gasteiger partial charge is 0.494 e. The van der Waals surface area contributed by atoms with Gasteiger partial charge in [0.15, 0.2) is 0 Å². The normalized spacial score (nSPS) is 11.7. The third-order valence-electron chi connectivity index (χ3n) is 3.29. The van der Waals surface area contributed by atoms with Gasteiger partial charge in [-0.15, -0.1) is 0 Å². The predicted molar refractivity (Wildman–Crippen MR) is 91.9 cm³/mol. The molecule has 22 heavy (non-hydrogen) atoms. The van der Waals surface area contributed by atoms with Crippen molar-refractivity contribution in [1.29, 1.82) is 0 Å². The van der Waals surface area contributed by atoms with Crippen LogP contribution in [0.2, 0.25) is 0 Å². The number of benzene rings is 2. The lowest BCUT2D eigenvalue weighted by molar-refractivity contribution is -0.121. The molecule has 1 atom stereocenters. The molecule has 1 N–H and O–H groups in total. The Kier molecular flexibility index (Phi) is 6.46. The highest BCUT2D eigenvalue weighted by molar-refractivity contribution is 9.10. The Labute approximate surface area is 139 Å². The van der Waals surface area contributed by atoms with E-state index in [1.165, 1.54) is 0 Å². The van der Waals surface area contributed by atoms with Gasteiger partial charge >= 0.3 is 0 Å². The summed E-state index contributed by atoms with van der Waals surface area (Å²) in [5.74, 6) is 0.863. The number of ether oxygens (including phenoxy) is 1. The molecule has 2 rings (SSSR count). The minimum absolute atomic E-state index is 0.0275. The van der Waals surface area contributed by atoms with E-state index < -0.39 is 0 Å². The predicted octanol–water partition coefficient (Wildman–Crippen LogP) is 4.49. The van der Waals surface area contributed by atoms with Gasteiger partial charge in [0.2, 0.25) is 5.91 Å². The maximum atomic E-state index is 11.9. The lowest BCUT2D eigenvalue weighted by Crippen LogP contribution is -2.26. The van der Waals surface area contributed by atoms with Crippen molar-refractivity contribution in [3.8, 4) is 5.75 Å². The summed E-state index contributed by atoms with van der Waals surface area (Å²) in [4.78, 5) is 11.9. The van der Waals surface area contributed by atoms with Gasteiger partial charge in [-0.3, -0.25) is 4.79 Å². The molecular formula is C18H20BrNO2. The molecule has 116 valence electrons. The zero-order valence-electron chi connectivity index (χ0n) is 12.6. The Balaban J connectivity index is 1.68. The lowest BCUT2D eigenvalue weighted by Gasteiger charge is -2.14. The average molecular weight is 362 g/mol. The Morgan fingerprint density at radius 3 is 2.68 bits per heavy atom. The molecule has 0 aliphatic carbocycles. The van der Waals surface area contributed by atoms with Gasteiger partial charge in [0.05, 0.1) is 12.6 Å². The smallest absolute Gasteiger partial charge is 0.220 e. The SMILES string of the molecule is CC(NC(=O)CCCOc1cccc(Br)c1)c1ccccc1. The fourth-order valence-electron chi connectivity index (χ4n) is 2.12. The molecule has 2 aromatic carbocycles. The third kappa shape index (κ3) is 5.53. The van der Waals surface area contributed by atoms with E-state index in [9.17, 15) is 4.79 Å². The van der Waals surface area contributed by atoms with Crippen LogP contribution in [0.1, 0.15) is 31.4 Å². The Hall–Kier alpha value is -1.81. The molecule has 0 saturated carbocycles. The summed E-state index contributed by atoms with van der Waals surface area (Å²) < 4.78 is 6.60. The fourth-order valence-corrected chi connectivity index (χ4v) is 2.50. The Morgan fingerprint density at radius 2 is 1.95 bits per heavy atom. The van der Waals surface area contributed by atoms with E-state index in [2.05, 4.69) is 21.2 Å². The summed E-state index contributed by atoms with van der Waals surface area (Å²) in [6.07, 6.45) is 1.16. The molecule has 4 heteroatoms. The van der Waals surface area contributed by atoms with Crippen molar-refractivity contribution in [2.24, 2.45) is 0 Å². The zero-order chi connectivity index (χ0) is 15.8. The molecule has 0 saturated heterocycles. The van der Waals surface area contributed by atoms with Crippen LogP contribution in [0, 0.1) is 0 Å². The van der Waals surface area contributed by atoms with Crippen molar-refractivity contribution in [2.45, 2.75) is 25.8 Å². The van der Waals surface area contributed by atoms with Crippen molar-refractivity contribution in [3.05, 3.63) is 64.6 Å². The number of hydrogen-bond donors (Lipinski definition) is 1. The van der Waals surface area contributed by atoms with Gasteiger partial charge in [-0.25, -0.2) is 0 Å². The van der Waals surface area contributed by atoms with Crippen LogP contribution in [0.25, 0.3) is 0 Å². The molecule has 1 unspecified atom stereocenters. The summed E-state index contributed by atoms with van der Waals surface area (Å²) in [6.45, 7) is 2.52. The van der Waals surface area contributed by atoms with E-state index >= 15 is 0 Å². The standard InChI is InChI=1S/C18H20BrNO2/c1-14(15-7-3-2-4-8-15)20-18(21)11-6-12-22-17-10-5-9-16(19)13-17/h2-5,7-10,13-14H,6,11-12H2,1H3,(H,20,21). The Bertz CT molecular complexity index is 601. The minimum atomic E-state index is 0.0275. The molecule has 1 amide bonds. The second-order valence-corrected chi connectivity index (χ2v) is 6.02. The van der Waals surface area contributed by atoms with Crippen LogP contribution in [0.3, 0.4) is 0 Å². The van der Waals surface area contributed by atoms with Gasteiger partial charge in [0.25, 0.3) is 0 Å². The second kappa shape index (κ2) is 8.59. The van der Waals surface area contributed by atoms with Crippen LogP contribution in [-0.4, -0.2) is 12.5 Å². The first-order chi connectivity index (χ1) is 10.6. The van der Waals surface area contributed by atoms with Crippen LogP contribution < -0.4 is 10.1 Å². The summed E-state index contributed by atoms with van der Waals surface area (Å²) in [6, 6.07) is 17.7. The minimum Gasteiger partial charge on any atom is -0.494 e. The van der Waals surface area contributed by atoms with Gasteiger partial charge < -0.3 is 10.1 Å². The highest BCUT2D eigenvalue weighted by Crippen LogP contribution is 2.18. The fraction of sp³-hybridized carbons (Fsp3) is 0.278. The number of carbonyl (C=O) groups excluding carboxylic acids is 1. The summed E-state index contributed by atoms with van der Waals surface area (Å²) in [7, 11) is 0. The van der Waals surface area contributed by atoms with Gasteiger partial charge in [-0.1, -0.05) is 52.3 Å². The monoisotopic (exact) mass is 361 g/mol. The third-order valence-corrected chi connectivity index (χ3v) is 3.78. The molecular weight excluding hydrogens is 342 g/mol. The molecule has 0 fully saturated rings. The summed E-state index contributed by atoms with van der Waals surface area (Å²) >= 11 is 3.40. The zero-order valence-corrected chi connectivity index (χ0v) is 14.2. The number of halogens is 1. The van der Waals surface area contributed by atoms with E-state index in [4.69, 9.17) is 4.74 Å². The van der Waals surface area contributed by atoms with Crippen molar-refractivity contribution in [3.63, 3.8) is 0 Å². The van der Waals surface area contributed by atoms with Crippen molar-refractivity contribution in [1.82, 2.24) is 5.32 Å². The lowest BCUT2D eigenvalue weighted by atomic mass is 10.1. The van der Waals surface area contributed by atoms with E-state index in [1.54, 1.807) is 0 Å². The first kappa shape index (κ1) is 16.6. The highest BCUT2D eigenvalue weighted by atomic mass is 79.9.